The first-order valence-electron chi connectivity index (χ1n) is 9.57. The van der Waals surface area contributed by atoms with Crippen LogP contribution in [0.25, 0.3) is 0 Å². The van der Waals surface area contributed by atoms with Gasteiger partial charge in [0.25, 0.3) is 0 Å². The second kappa shape index (κ2) is 7.13. The Hall–Kier alpha value is -1.56. The number of carbonyl (C=O) groups excluding carboxylic acids is 1. The molecule has 1 aromatic heterocycles. The lowest BCUT2D eigenvalue weighted by Gasteiger charge is -2.38. The molecule has 2 amide bonds. The molecule has 0 radical (unpaired) electrons. The van der Waals surface area contributed by atoms with Crippen molar-refractivity contribution in [3.8, 4) is 0 Å². The van der Waals surface area contributed by atoms with E-state index in [1.54, 1.807) is 0 Å². The van der Waals surface area contributed by atoms with Crippen molar-refractivity contribution >= 4 is 6.03 Å². The van der Waals surface area contributed by atoms with Gasteiger partial charge in [-0.2, -0.15) is 5.10 Å². The first-order valence-corrected chi connectivity index (χ1v) is 9.57. The van der Waals surface area contributed by atoms with Crippen LogP contribution in [-0.4, -0.2) is 58.3 Å². The van der Waals surface area contributed by atoms with Crippen molar-refractivity contribution in [3.05, 3.63) is 18.0 Å². The van der Waals surface area contributed by atoms with Crippen molar-refractivity contribution in [1.82, 2.24) is 24.9 Å². The average Bonchev–Trinajstić information content (AvgIpc) is 3.22. The van der Waals surface area contributed by atoms with E-state index >= 15 is 0 Å². The van der Waals surface area contributed by atoms with Gasteiger partial charge < -0.3 is 10.2 Å². The van der Waals surface area contributed by atoms with Crippen LogP contribution >= 0.6 is 0 Å². The average molecular weight is 331 g/mol. The molecule has 1 N–H and O–H groups in total. The Balaban J connectivity index is 1.30. The number of hydrogen-bond acceptors (Lipinski definition) is 3. The maximum Gasteiger partial charge on any atom is 0.317 e. The molecule has 6 heteroatoms. The van der Waals surface area contributed by atoms with Crippen molar-refractivity contribution < 1.29 is 4.79 Å². The standard InChI is InChI=1S/C18H29N5O/c24-18(22-10-1-2-11-22)19-8-6-16-13-21(12-15-4-3-5-15)14-17-7-9-20-23(16)17/h7,9,15-16H,1-6,8,10-14H2,(H,19,24). The fourth-order valence-electron chi connectivity index (χ4n) is 4.24. The third-order valence-corrected chi connectivity index (χ3v) is 5.84. The maximum atomic E-state index is 12.1. The summed E-state index contributed by atoms with van der Waals surface area (Å²) in [6, 6.07) is 2.63. The fraction of sp³-hybridized carbons (Fsp3) is 0.778. The second-order valence-electron chi connectivity index (χ2n) is 7.63. The SMILES string of the molecule is O=C(NCCC1CN(CC2CCC2)Cc2ccnn21)N1CCCC1. The lowest BCUT2D eigenvalue weighted by atomic mass is 9.85. The zero-order chi connectivity index (χ0) is 16.4. The van der Waals surface area contributed by atoms with Crippen LogP contribution in [0.1, 0.15) is 50.3 Å². The van der Waals surface area contributed by atoms with Crippen LogP contribution in [0.15, 0.2) is 12.3 Å². The van der Waals surface area contributed by atoms with Crippen LogP contribution in [0.4, 0.5) is 4.79 Å². The number of fused-ring (bicyclic) bond motifs is 1. The van der Waals surface area contributed by atoms with Gasteiger partial charge in [0.1, 0.15) is 0 Å². The number of aromatic nitrogens is 2. The summed E-state index contributed by atoms with van der Waals surface area (Å²) in [5.41, 5.74) is 1.32. The van der Waals surface area contributed by atoms with Crippen LogP contribution in [-0.2, 0) is 6.54 Å². The number of likely N-dealkylation sites (tertiary alicyclic amines) is 1. The smallest absolute Gasteiger partial charge is 0.317 e. The van der Waals surface area contributed by atoms with E-state index in [0.717, 1.165) is 57.9 Å². The summed E-state index contributed by atoms with van der Waals surface area (Å²) in [7, 11) is 0. The summed E-state index contributed by atoms with van der Waals surface area (Å²) >= 11 is 0. The number of nitrogens with zero attached hydrogens (tertiary/aromatic N) is 4. The van der Waals surface area contributed by atoms with Gasteiger partial charge in [0.15, 0.2) is 0 Å². The second-order valence-corrected chi connectivity index (χ2v) is 7.63. The highest BCUT2D eigenvalue weighted by molar-refractivity contribution is 5.74. The summed E-state index contributed by atoms with van der Waals surface area (Å²) < 4.78 is 2.18. The molecule has 1 aromatic rings. The lowest BCUT2D eigenvalue weighted by Crippen LogP contribution is -2.43. The molecule has 1 unspecified atom stereocenters. The van der Waals surface area contributed by atoms with Gasteiger partial charge in [0.2, 0.25) is 0 Å². The quantitative estimate of drug-likeness (QED) is 0.900. The predicted molar refractivity (Wildman–Crippen MR) is 92.7 cm³/mol. The van der Waals surface area contributed by atoms with Crippen molar-refractivity contribution in [3.63, 3.8) is 0 Å². The van der Waals surface area contributed by atoms with Crippen molar-refractivity contribution in [2.75, 3.05) is 32.7 Å². The molecule has 1 atom stereocenters. The Kier molecular flexibility index (Phi) is 4.74. The summed E-state index contributed by atoms with van der Waals surface area (Å²) in [6.45, 7) is 5.86. The number of urea groups is 1. The molecule has 0 aromatic carbocycles. The van der Waals surface area contributed by atoms with E-state index in [-0.39, 0.29) is 6.03 Å². The van der Waals surface area contributed by atoms with E-state index in [2.05, 4.69) is 26.1 Å². The zero-order valence-corrected chi connectivity index (χ0v) is 14.5. The topological polar surface area (TPSA) is 53.4 Å². The van der Waals surface area contributed by atoms with Gasteiger partial charge in [-0.3, -0.25) is 9.58 Å². The van der Waals surface area contributed by atoms with E-state index in [1.807, 2.05) is 11.1 Å². The van der Waals surface area contributed by atoms with E-state index in [0.29, 0.717) is 6.04 Å². The first kappa shape index (κ1) is 15.9. The van der Waals surface area contributed by atoms with E-state index in [1.165, 1.54) is 31.5 Å². The predicted octanol–water partition coefficient (Wildman–Crippen LogP) is 2.24. The molecule has 1 aliphatic carbocycles. The van der Waals surface area contributed by atoms with Crippen LogP contribution in [0.2, 0.25) is 0 Å². The number of hydrogen-bond donors (Lipinski definition) is 1. The van der Waals surface area contributed by atoms with Crippen LogP contribution in [0.5, 0.6) is 0 Å². The highest BCUT2D eigenvalue weighted by Crippen LogP contribution is 2.30. The fourth-order valence-corrected chi connectivity index (χ4v) is 4.24. The maximum absolute atomic E-state index is 12.1. The molecule has 6 nitrogen and oxygen atoms in total. The monoisotopic (exact) mass is 331 g/mol. The molecule has 0 bridgehead atoms. The molecule has 132 valence electrons. The molecule has 24 heavy (non-hydrogen) atoms. The van der Waals surface area contributed by atoms with Gasteiger partial charge in [-0.05, 0) is 44.1 Å². The van der Waals surface area contributed by atoms with E-state index in [4.69, 9.17) is 0 Å². The molecule has 0 spiro atoms. The zero-order valence-electron chi connectivity index (χ0n) is 14.5. The summed E-state index contributed by atoms with van der Waals surface area (Å²) in [5.74, 6) is 0.898. The normalized spacial score (nSPS) is 24.7. The van der Waals surface area contributed by atoms with Gasteiger partial charge in [0, 0.05) is 45.5 Å². The number of nitrogens with one attached hydrogen (secondary N) is 1. The van der Waals surface area contributed by atoms with Crippen molar-refractivity contribution in [2.24, 2.45) is 5.92 Å². The van der Waals surface area contributed by atoms with Gasteiger partial charge >= 0.3 is 6.03 Å². The Bertz CT molecular complexity index is 562. The Morgan fingerprint density at radius 1 is 1.25 bits per heavy atom. The van der Waals surface area contributed by atoms with E-state index in [9.17, 15) is 4.79 Å². The van der Waals surface area contributed by atoms with Crippen LogP contribution in [0.3, 0.4) is 0 Å². The van der Waals surface area contributed by atoms with Gasteiger partial charge in [0.05, 0.1) is 11.7 Å². The first-order chi connectivity index (χ1) is 11.8. The largest absolute Gasteiger partial charge is 0.338 e. The molecule has 4 rings (SSSR count). The Morgan fingerprint density at radius 3 is 2.83 bits per heavy atom. The van der Waals surface area contributed by atoms with Crippen LogP contribution in [0, 0.1) is 5.92 Å². The molecular formula is C18H29N5O. The third-order valence-electron chi connectivity index (χ3n) is 5.84. The van der Waals surface area contributed by atoms with Gasteiger partial charge in [-0.25, -0.2) is 4.79 Å². The van der Waals surface area contributed by atoms with Gasteiger partial charge in [-0.1, -0.05) is 6.42 Å². The minimum atomic E-state index is 0.107. The van der Waals surface area contributed by atoms with Crippen LogP contribution < -0.4 is 5.32 Å². The number of amides is 2. The molecule has 1 saturated carbocycles. The Morgan fingerprint density at radius 2 is 2.08 bits per heavy atom. The number of carbonyl (C=O) groups is 1. The van der Waals surface area contributed by atoms with E-state index < -0.39 is 0 Å². The van der Waals surface area contributed by atoms with Gasteiger partial charge in [-0.15, -0.1) is 0 Å². The van der Waals surface area contributed by atoms with Crippen molar-refractivity contribution in [1.29, 1.82) is 0 Å². The molecule has 3 heterocycles. The Labute approximate surface area is 144 Å². The summed E-state index contributed by atoms with van der Waals surface area (Å²) in [5, 5.41) is 7.63. The van der Waals surface area contributed by atoms with Crippen molar-refractivity contribution in [2.45, 2.75) is 51.1 Å². The molecule has 2 aliphatic heterocycles. The summed E-state index contributed by atoms with van der Waals surface area (Å²) in [4.78, 5) is 16.6. The third kappa shape index (κ3) is 3.43. The lowest BCUT2D eigenvalue weighted by molar-refractivity contribution is 0.120. The minimum Gasteiger partial charge on any atom is -0.338 e. The summed E-state index contributed by atoms with van der Waals surface area (Å²) in [6.07, 6.45) is 9.35. The highest BCUT2D eigenvalue weighted by atomic mass is 16.2. The number of rotatable bonds is 5. The molecular weight excluding hydrogens is 302 g/mol. The molecule has 3 aliphatic rings. The minimum absolute atomic E-state index is 0.107. The molecule has 1 saturated heterocycles. The molecule has 2 fully saturated rings. The highest BCUT2D eigenvalue weighted by Gasteiger charge is 2.28.